The van der Waals surface area contributed by atoms with Crippen LogP contribution in [0.3, 0.4) is 0 Å². The number of carbonyl (C=O) groups is 2. The second kappa shape index (κ2) is 4.30. The first-order chi connectivity index (χ1) is 6.84. The molecule has 2 heteroatoms. The van der Waals surface area contributed by atoms with E-state index in [1.54, 1.807) is 0 Å². The van der Waals surface area contributed by atoms with Gasteiger partial charge >= 0.3 is 0 Å². The SMILES string of the molecule is CC(=O)CC(=O)[C@@H]1C(C)=CCCC1(C)C. The molecular weight excluding hydrogens is 188 g/mol. The standard InChI is InChI=1S/C13H20O2/c1-9-6-5-7-13(3,4)12(9)11(15)8-10(2)14/h6,12H,5,7-8H2,1-4H3/t12-/m0/s1. The lowest BCUT2D eigenvalue weighted by atomic mass is 9.66. The minimum absolute atomic E-state index is 0.00532. The van der Waals surface area contributed by atoms with Gasteiger partial charge in [-0.05, 0) is 32.1 Å². The highest BCUT2D eigenvalue weighted by molar-refractivity contribution is 6.00. The van der Waals surface area contributed by atoms with Crippen molar-refractivity contribution in [2.75, 3.05) is 0 Å². The maximum atomic E-state index is 12.0. The zero-order valence-corrected chi connectivity index (χ0v) is 10.1. The van der Waals surface area contributed by atoms with Crippen molar-refractivity contribution in [2.45, 2.75) is 47.0 Å². The van der Waals surface area contributed by atoms with E-state index in [1.165, 1.54) is 6.92 Å². The molecule has 0 aromatic carbocycles. The third kappa shape index (κ3) is 2.77. The monoisotopic (exact) mass is 208 g/mol. The molecule has 15 heavy (non-hydrogen) atoms. The van der Waals surface area contributed by atoms with E-state index in [-0.39, 0.29) is 29.3 Å². The van der Waals surface area contributed by atoms with Gasteiger partial charge in [-0.1, -0.05) is 25.5 Å². The first-order valence-corrected chi connectivity index (χ1v) is 5.53. The number of hydrogen-bond acceptors (Lipinski definition) is 2. The lowest BCUT2D eigenvalue weighted by molar-refractivity contribution is -0.130. The van der Waals surface area contributed by atoms with Gasteiger partial charge in [-0.3, -0.25) is 9.59 Å². The van der Waals surface area contributed by atoms with Crippen molar-refractivity contribution in [2.24, 2.45) is 11.3 Å². The molecule has 0 radical (unpaired) electrons. The van der Waals surface area contributed by atoms with Crippen molar-refractivity contribution in [1.29, 1.82) is 0 Å². The summed E-state index contributed by atoms with van der Waals surface area (Å²) in [5.74, 6) is -0.00901. The fraction of sp³-hybridized carbons (Fsp3) is 0.692. The van der Waals surface area contributed by atoms with Crippen LogP contribution in [0, 0.1) is 11.3 Å². The Morgan fingerprint density at radius 1 is 1.47 bits per heavy atom. The molecule has 1 rings (SSSR count). The van der Waals surface area contributed by atoms with Gasteiger partial charge in [0.25, 0.3) is 0 Å². The molecule has 0 amide bonds. The van der Waals surface area contributed by atoms with Crippen LogP contribution in [0.4, 0.5) is 0 Å². The lowest BCUT2D eigenvalue weighted by Crippen LogP contribution is -2.35. The van der Waals surface area contributed by atoms with E-state index in [4.69, 9.17) is 0 Å². The first kappa shape index (κ1) is 12.2. The van der Waals surface area contributed by atoms with E-state index in [0.717, 1.165) is 18.4 Å². The highest BCUT2D eigenvalue weighted by atomic mass is 16.1. The molecule has 0 spiro atoms. The Morgan fingerprint density at radius 3 is 2.53 bits per heavy atom. The molecule has 0 fully saturated rings. The van der Waals surface area contributed by atoms with Crippen LogP contribution in [-0.4, -0.2) is 11.6 Å². The maximum Gasteiger partial charge on any atom is 0.147 e. The summed E-state index contributed by atoms with van der Waals surface area (Å²) in [6.45, 7) is 7.72. The highest BCUT2D eigenvalue weighted by Crippen LogP contribution is 2.41. The van der Waals surface area contributed by atoms with Gasteiger partial charge in [0, 0.05) is 5.92 Å². The van der Waals surface area contributed by atoms with E-state index >= 15 is 0 Å². The first-order valence-electron chi connectivity index (χ1n) is 5.53. The zero-order chi connectivity index (χ0) is 11.6. The molecule has 0 bridgehead atoms. The number of ketones is 2. The van der Waals surface area contributed by atoms with Gasteiger partial charge in [-0.25, -0.2) is 0 Å². The Hall–Kier alpha value is -0.920. The number of Topliss-reactive ketones (excluding diaryl/α,β-unsaturated/α-hetero) is 2. The van der Waals surface area contributed by atoms with Crippen LogP contribution in [0.2, 0.25) is 0 Å². The summed E-state index contributed by atoms with van der Waals surface area (Å²) in [4.78, 5) is 22.9. The Balaban J connectivity index is 2.89. The van der Waals surface area contributed by atoms with Crippen molar-refractivity contribution in [3.05, 3.63) is 11.6 Å². The summed E-state index contributed by atoms with van der Waals surface area (Å²) >= 11 is 0. The molecule has 0 unspecified atom stereocenters. The van der Waals surface area contributed by atoms with E-state index in [1.807, 2.05) is 6.92 Å². The van der Waals surface area contributed by atoms with Crippen LogP contribution in [0.5, 0.6) is 0 Å². The summed E-state index contributed by atoms with van der Waals surface area (Å²) in [5, 5.41) is 0. The van der Waals surface area contributed by atoms with E-state index in [2.05, 4.69) is 19.9 Å². The molecular formula is C13H20O2. The van der Waals surface area contributed by atoms with Gasteiger partial charge in [0.2, 0.25) is 0 Å². The van der Waals surface area contributed by atoms with Gasteiger partial charge in [-0.2, -0.15) is 0 Å². The predicted molar refractivity (Wildman–Crippen MR) is 60.6 cm³/mol. The van der Waals surface area contributed by atoms with Gasteiger partial charge in [0.15, 0.2) is 0 Å². The lowest BCUT2D eigenvalue weighted by Gasteiger charge is -2.37. The molecule has 1 aliphatic carbocycles. The second-order valence-corrected chi connectivity index (χ2v) is 5.25. The average Bonchev–Trinajstić information content (AvgIpc) is 1.99. The molecule has 1 atom stereocenters. The van der Waals surface area contributed by atoms with Gasteiger partial charge in [0.1, 0.15) is 11.6 Å². The van der Waals surface area contributed by atoms with Gasteiger partial charge in [0.05, 0.1) is 6.42 Å². The fourth-order valence-electron chi connectivity index (χ4n) is 2.59. The van der Waals surface area contributed by atoms with Gasteiger partial charge < -0.3 is 0 Å². The number of carbonyl (C=O) groups excluding carboxylic acids is 2. The molecule has 0 saturated carbocycles. The molecule has 0 heterocycles. The van der Waals surface area contributed by atoms with Crippen LogP contribution >= 0.6 is 0 Å². The van der Waals surface area contributed by atoms with E-state index in [0.29, 0.717) is 0 Å². The largest absolute Gasteiger partial charge is 0.300 e. The van der Waals surface area contributed by atoms with Crippen LogP contribution < -0.4 is 0 Å². The molecule has 2 nitrogen and oxygen atoms in total. The van der Waals surface area contributed by atoms with E-state index < -0.39 is 0 Å². The Bertz CT molecular complexity index is 310. The Kier molecular flexibility index (Phi) is 3.48. The quantitative estimate of drug-likeness (QED) is 0.528. The summed E-state index contributed by atoms with van der Waals surface area (Å²) < 4.78 is 0. The topological polar surface area (TPSA) is 34.1 Å². The molecule has 0 aromatic rings. The summed E-state index contributed by atoms with van der Waals surface area (Å²) in [6, 6.07) is 0. The van der Waals surface area contributed by atoms with Crippen molar-refractivity contribution >= 4 is 11.6 Å². The molecule has 1 aliphatic rings. The van der Waals surface area contributed by atoms with Crippen LogP contribution in [0.1, 0.15) is 47.0 Å². The third-order valence-electron chi connectivity index (χ3n) is 3.24. The Labute approximate surface area is 91.7 Å². The zero-order valence-electron chi connectivity index (χ0n) is 10.1. The molecule has 84 valence electrons. The van der Waals surface area contributed by atoms with Crippen LogP contribution in [0.25, 0.3) is 0 Å². The fourth-order valence-corrected chi connectivity index (χ4v) is 2.59. The predicted octanol–water partition coefficient (Wildman–Crippen LogP) is 2.92. The second-order valence-electron chi connectivity index (χ2n) is 5.25. The van der Waals surface area contributed by atoms with Crippen molar-refractivity contribution < 1.29 is 9.59 Å². The van der Waals surface area contributed by atoms with Crippen molar-refractivity contribution in [1.82, 2.24) is 0 Å². The summed E-state index contributed by atoms with van der Waals surface area (Å²) in [5.41, 5.74) is 1.14. The summed E-state index contributed by atoms with van der Waals surface area (Å²) in [7, 11) is 0. The average molecular weight is 208 g/mol. The third-order valence-corrected chi connectivity index (χ3v) is 3.24. The van der Waals surface area contributed by atoms with E-state index in [9.17, 15) is 9.59 Å². The van der Waals surface area contributed by atoms with Crippen molar-refractivity contribution in [3.8, 4) is 0 Å². The smallest absolute Gasteiger partial charge is 0.147 e. The number of rotatable bonds is 3. The minimum atomic E-state index is -0.0600. The van der Waals surface area contributed by atoms with Crippen LogP contribution in [-0.2, 0) is 9.59 Å². The normalized spacial score (nSPS) is 24.5. The van der Waals surface area contributed by atoms with Crippen molar-refractivity contribution in [3.63, 3.8) is 0 Å². The molecule has 0 N–H and O–H groups in total. The Morgan fingerprint density at radius 2 is 2.07 bits per heavy atom. The number of hydrogen-bond donors (Lipinski definition) is 0. The minimum Gasteiger partial charge on any atom is -0.300 e. The maximum absolute atomic E-state index is 12.0. The van der Waals surface area contributed by atoms with Crippen LogP contribution in [0.15, 0.2) is 11.6 Å². The van der Waals surface area contributed by atoms with Gasteiger partial charge in [-0.15, -0.1) is 0 Å². The molecule has 0 aromatic heterocycles. The summed E-state index contributed by atoms with van der Waals surface area (Å²) in [6.07, 6.45) is 4.29. The number of allylic oxidation sites excluding steroid dienone is 2. The highest BCUT2D eigenvalue weighted by Gasteiger charge is 2.37. The molecule has 0 saturated heterocycles. The molecule has 0 aliphatic heterocycles.